The summed E-state index contributed by atoms with van der Waals surface area (Å²) in [6.45, 7) is 4.32. The quantitative estimate of drug-likeness (QED) is 0.818. The third-order valence-corrected chi connectivity index (χ3v) is 3.36. The van der Waals surface area contributed by atoms with Gasteiger partial charge in [0, 0.05) is 36.3 Å². The summed E-state index contributed by atoms with van der Waals surface area (Å²) in [5.41, 5.74) is 2.09. The zero-order valence-corrected chi connectivity index (χ0v) is 13.8. The molecule has 0 bridgehead atoms. The molecule has 0 saturated heterocycles. The van der Waals surface area contributed by atoms with E-state index in [-0.39, 0.29) is 18.4 Å². The van der Waals surface area contributed by atoms with Crippen molar-refractivity contribution in [3.8, 4) is 5.75 Å². The summed E-state index contributed by atoms with van der Waals surface area (Å²) in [6.07, 6.45) is 4.02. The molecule has 6 nitrogen and oxygen atoms in total. The SMILES string of the molecule is CCNC(=O)COc1cccc(NC(=O)c2ccncc2CC)c1. The van der Waals surface area contributed by atoms with Crippen molar-refractivity contribution in [2.75, 3.05) is 18.5 Å². The molecule has 1 heterocycles. The highest BCUT2D eigenvalue weighted by atomic mass is 16.5. The van der Waals surface area contributed by atoms with Crippen LogP contribution >= 0.6 is 0 Å². The number of carbonyl (C=O) groups is 2. The van der Waals surface area contributed by atoms with Gasteiger partial charge in [-0.15, -0.1) is 0 Å². The molecule has 126 valence electrons. The lowest BCUT2D eigenvalue weighted by molar-refractivity contribution is -0.122. The van der Waals surface area contributed by atoms with E-state index in [1.54, 1.807) is 42.7 Å². The number of anilines is 1. The molecule has 0 spiro atoms. The monoisotopic (exact) mass is 327 g/mol. The first-order valence-corrected chi connectivity index (χ1v) is 7.87. The Balaban J connectivity index is 2.03. The average Bonchev–Trinajstić information content (AvgIpc) is 2.60. The van der Waals surface area contributed by atoms with E-state index in [1.165, 1.54) is 0 Å². The fourth-order valence-corrected chi connectivity index (χ4v) is 2.19. The van der Waals surface area contributed by atoms with Crippen LogP contribution in [0.5, 0.6) is 5.75 Å². The van der Waals surface area contributed by atoms with Gasteiger partial charge in [0.25, 0.3) is 11.8 Å². The van der Waals surface area contributed by atoms with Gasteiger partial charge in [0.2, 0.25) is 0 Å². The number of hydrogen-bond acceptors (Lipinski definition) is 4. The fourth-order valence-electron chi connectivity index (χ4n) is 2.19. The molecular formula is C18H21N3O3. The van der Waals surface area contributed by atoms with Gasteiger partial charge >= 0.3 is 0 Å². The van der Waals surface area contributed by atoms with Crippen molar-refractivity contribution in [2.45, 2.75) is 20.3 Å². The Kier molecular flexibility index (Phi) is 6.31. The molecule has 24 heavy (non-hydrogen) atoms. The van der Waals surface area contributed by atoms with E-state index in [9.17, 15) is 9.59 Å². The third kappa shape index (κ3) is 4.81. The molecule has 2 amide bonds. The van der Waals surface area contributed by atoms with Crippen LogP contribution in [0, 0.1) is 0 Å². The highest BCUT2D eigenvalue weighted by Gasteiger charge is 2.11. The number of rotatable bonds is 7. The molecule has 0 saturated carbocycles. The molecule has 6 heteroatoms. The minimum absolute atomic E-state index is 0.0599. The number of pyridine rings is 1. The van der Waals surface area contributed by atoms with Crippen LogP contribution in [-0.2, 0) is 11.2 Å². The van der Waals surface area contributed by atoms with Crippen molar-refractivity contribution in [2.24, 2.45) is 0 Å². The summed E-state index contributed by atoms with van der Waals surface area (Å²) < 4.78 is 5.42. The van der Waals surface area contributed by atoms with E-state index in [4.69, 9.17) is 4.74 Å². The summed E-state index contributed by atoms with van der Waals surface area (Å²) in [4.78, 5) is 27.9. The minimum Gasteiger partial charge on any atom is -0.484 e. The van der Waals surface area contributed by atoms with Crippen molar-refractivity contribution < 1.29 is 14.3 Å². The third-order valence-electron chi connectivity index (χ3n) is 3.36. The van der Waals surface area contributed by atoms with E-state index in [0.29, 0.717) is 23.5 Å². The van der Waals surface area contributed by atoms with Gasteiger partial charge in [0.15, 0.2) is 6.61 Å². The van der Waals surface area contributed by atoms with Gasteiger partial charge in [-0.05, 0) is 37.1 Å². The Bertz CT molecular complexity index is 716. The van der Waals surface area contributed by atoms with E-state index < -0.39 is 0 Å². The second-order valence-corrected chi connectivity index (χ2v) is 5.11. The Morgan fingerprint density at radius 1 is 1.21 bits per heavy atom. The van der Waals surface area contributed by atoms with Crippen molar-refractivity contribution in [3.05, 3.63) is 53.9 Å². The largest absolute Gasteiger partial charge is 0.484 e. The molecule has 2 aromatic rings. The number of benzene rings is 1. The Morgan fingerprint density at radius 2 is 2.04 bits per heavy atom. The van der Waals surface area contributed by atoms with Crippen LogP contribution in [-0.4, -0.2) is 29.9 Å². The molecule has 0 aliphatic heterocycles. The van der Waals surface area contributed by atoms with E-state index in [1.807, 2.05) is 13.8 Å². The van der Waals surface area contributed by atoms with Gasteiger partial charge in [-0.3, -0.25) is 14.6 Å². The van der Waals surface area contributed by atoms with Crippen LogP contribution in [0.2, 0.25) is 0 Å². The minimum atomic E-state index is -0.199. The van der Waals surface area contributed by atoms with E-state index in [0.717, 1.165) is 12.0 Å². The van der Waals surface area contributed by atoms with Crippen LogP contribution in [0.1, 0.15) is 29.8 Å². The van der Waals surface area contributed by atoms with Crippen molar-refractivity contribution in [3.63, 3.8) is 0 Å². The molecule has 0 aliphatic carbocycles. The number of aryl methyl sites for hydroxylation is 1. The first-order chi connectivity index (χ1) is 11.6. The topological polar surface area (TPSA) is 80.3 Å². The van der Waals surface area contributed by atoms with Gasteiger partial charge < -0.3 is 15.4 Å². The van der Waals surface area contributed by atoms with E-state index >= 15 is 0 Å². The van der Waals surface area contributed by atoms with Gasteiger partial charge in [-0.2, -0.15) is 0 Å². The molecule has 0 fully saturated rings. The summed E-state index contributed by atoms with van der Waals surface area (Å²) in [5, 5.41) is 5.50. The summed E-state index contributed by atoms with van der Waals surface area (Å²) in [5.74, 6) is 0.135. The first kappa shape index (κ1) is 17.5. The molecule has 0 unspecified atom stereocenters. The number of amides is 2. The second-order valence-electron chi connectivity index (χ2n) is 5.11. The summed E-state index contributed by atoms with van der Waals surface area (Å²) >= 11 is 0. The Morgan fingerprint density at radius 3 is 2.79 bits per heavy atom. The maximum Gasteiger partial charge on any atom is 0.257 e. The maximum atomic E-state index is 12.4. The maximum absolute atomic E-state index is 12.4. The number of hydrogen-bond donors (Lipinski definition) is 2. The summed E-state index contributed by atoms with van der Waals surface area (Å²) in [6, 6.07) is 8.64. The number of nitrogens with zero attached hydrogens (tertiary/aromatic N) is 1. The van der Waals surface area contributed by atoms with Crippen LogP contribution in [0.4, 0.5) is 5.69 Å². The number of nitrogens with one attached hydrogen (secondary N) is 2. The average molecular weight is 327 g/mol. The Labute approximate surface area is 141 Å². The molecular weight excluding hydrogens is 306 g/mol. The predicted molar refractivity (Wildman–Crippen MR) is 92.2 cm³/mol. The fraction of sp³-hybridized carbons (Fsp3) is 0.278. The van der Waals surface area contributed by atoms with E-state index in [2.05, 4.69) is 15.6 Å². The molecule has 1 aromatic carbocycles. The van der Waals surface area contributed by atoms with Crippen LogP contribution in [0.25, 0.3) is 0 Å². The van der Waals surface area contributed by atoms with Gasteiger partial charge in [0.1, 0.15) is 5.75 Å². The van der Waals surface area contributed by atoms with Crippen LogP contribution in [0.15, 0.2) is 42.7 Å². The molecule has 1 aromatic heterocycles. The number of aromatic nitrogens is 1. The number of likely N-dealkylation sites (N-methyl/N-ethyl adjacent to an activating group) is 1. The zero-order valence-electron chi connectivity index (χ0n) is 13.8. The molecule has 0 aliphatic rings. The second kappa shape index (κ2) is 8.67. The zero-order chi connectivity index (χ0) is 17.4. The van der Waals surface area contributed by atoms with Crippen molar-refractivity contribution >= 4 is 17.5 Å². The van der Waals surface area contributed by atoms with Crippen molar-refractivity contribution in [1.82, 2.24) is 10.3 Å². The van der Waals surface area contributed by atoms with Crippen LogP contribution in [0.3, 0.4) is 0 Å². The van der Waals surface area contributed by atoms with Crippen molar-refractivity contribution in [1.29, 1.82) is 0 Å². The standard InChI is InChI=1S/C18H21N3O3/c1-3-13-11-19-9-8-16(13)18(23)21-14-6-5-7-15(10-14)24-12-17(22)20-4-2/h5-11H,3-4,12H2,1-2H3,(H,20,22)(H,21,23). The Hall–Kier alpha value is -2.89. The van der Waals surface area contributed by atoms with Gasteiger partial charge in [-0.25, -0.2) is 0 Å². The normalized spacial score (nSPS) is 10.1. The predicted octanol–water partition coefficient (Wildman–Crippen LogP) is 2.41. The summed E-state index contributed by atoms with van der Waals surface area (Å²) in [7, 11) is 0. The molecule has 2 N–H and O–H groups in total. The lowest BCUT2D eigenvalue weighted by atomic mass is 10.1. The smallest absolute Gasteiger partial charge is 0.257 e. The lowest BCUT2D eigenvalue weighted by Crippen LogP contribution is -2.28. The van der Waals surface area contributed by atoms with Gasteiger partial charge in [0.05, 0.1) is 0 Å². The highest BCUT2D eigenvalue weighted by Crippen LogP contribution is 2.19. The lowest BCUT2D eigenvalue weighted by Gasteiger charge is -2.10. The highest BCUT2D eigenvalue weighted by molar-refractivity contribution is 6.05. The molecule has 0 atom stereocenters. The number of carbonyl (C=O) groups excluding carboxylic acids is 2. The molecule has 2 rings (SSSR count). The molecule has 0 radical (unpaired) electrons. The van der Waals surface area contributed by atoms with Gasteiger partial charge in [-0.1, -0.05) is 13.0 Å². The van der Waals surface area contributed by atoms with Crippen LogP contribution < -0.4 is 15.4 Å². The first-order valence-electron chi connectivity index (χ1n) is 7.87. The number of ether oxygens (including phenoxy) is 1.